The van der Waals surface area contributed by atoms with Crippen molar-refractivity contribution in [2.45, 2.75) is 39.2 Å². The van der Waals surface area contributed by atoms with Gasteiger partial charge in [-0.05, 0) is 45.4 Å². The van der Waals surface area contributed by atoms with E-state index in [2.05, 4.69) is 23.6 Å². The lowest BCUT2D eigenvalue weighted by Gasteiger charge is -2.28. The van der Waals surface area contributed by atoms with E-state index in [1.165, 1.54) is 6.42 Å². The molecule has 1 rings (SSSR count). The van der Waals surface area contributed by atoms with Crippen LogP contribution in [0.1, 0.15) is 33.1 Å². The molecule has 4 heteroatoms. The summed E-state index contributed by atoms with van der Waals surface area (Å²) in [5.41, 5.74) is 0. The Morgan fingerprint density at radius 1 is 1.41 bits per heavy atom. The average molecular weight is 242 g/mol. The number of hydrogen-bond donors (Lipinski definition) is 1. The minimum atomic E-state index is -0.687. The van der Waals surface area contributed by atoms with E-state index in [4.69, 9.17) is 5.11 Å². The van der Waals surface area contributed by atoms with Gasteiger partial charge in [0, 0.05) is 12.6 Å². The SMILES string of the molecule is CC(C)CCN1CCCN(C)C(CC(=O)O)C1. The predicted octanol–water partition coefficient (Wildman–Crippen LogP) is 1.51. The molecule has 0 aromatic rings. The second-order valence-electron chi connectivity index (χ2n) is 5.57. The minimum Gasteiger partial charge on any atom is -0.481 e. The van der Waals surface area contributed by atoms with Gasteiger partial charge in [-0.25, -0.2) is 0 Å². The second-order valence-corrected chi connectivity index (χ2v) is 5.57. The van der Waals surface area contributed by atoms with Gasteiger partial charge in [-0.2, -0.15) is 0 Å². The van der Waals surface area contributed by atoms with Crippen LogP contribution in [0, 0.1) is 5.92 Å². The van der Waals surface area contributed by atoms with Gasteiger partial charge in [0.2, 0.25) is 0 Å². The fourth-order valence-electron chi connectivity index (χ4n) is 2.32. The molecule has 0 aromatic heterocycles. The highest BCUT2D eigenvalue weighted by atomic mass is 16.4. The zero-order valence-electron chi connectivity index (χ0n) is 11.4. The summed E-state index contributed by atoms with van der Waals surface area (Å²) in [7, 11) is 2.04. The van der Waals surface area contributed by atoms with Crippen molar-refractivity contribution in [2.75, 3.05) is 33.2 Å². The first-order chi connectivity index (χ1) is 7.99. The molecule has 1 aliphatic rings. The summed E-state index contributed by atoms with van der Waals surface area (Å²) in [6, 6.07) is 0.169. The van der Waals surface area contributed by atoms with E-state index in [9.17, 15) is 4.79 Å². The maximum absolute atomic E-state index is 10.9. The number of aliphatic carboxylic acids is 1. The number of carbonyl (C=O) groups is 1. The van der Waals surface area contributed by atoms with Crippen molar-refractivity contribution < 1.29 is 9.90 Å². The highest BCUT2D eigenvalue weighted by Gasteiger charge is 2.24. The topological polar surface area (TPSA) is 43.8 Å². The Bertz CT molecular complexity index is 244. The van der Waals surface area contributed by atoms with Gasteiger partial charge in [-0.1, -0.05) is 13.8 Å². The van der Waals surface area contributed by atoms with Crippen LogP contribution < -0.4 is 0 Å². The van der Waals surface area contributed by atoms with Gasteiger partial charge in [0.25, 0.3) is 0 Å². The van der Waals surface area contributed by atoms with Gasteiger partial charge in [0.05, 0.1) is 6.42 Å². The lowest BCUT2D eigenvalue weighted by Crippen LogP contribution is -2.40. The molecule has 0 amide bonds. The number of nitrogens with zero attached hydrogens (tertiary/aromatic N) is 2. The summed E-state index contributed by atoms with van der Waals surface area (Å²) < 4.78 is 0. The van der Waals surface area contributed by atoms with Gasteiger partial charge < -0.3 is 14.9 Å². The molecule has 0 spiro atoms. The molecular weight excluding hydrogens is 216 g/mol. The van der Waals surface area contributed by atoms with Crippen LogP contribution >= 0.6 is 0 Å². The molecule has 17 heavy (non-hydrogen) atoms. The first-order valence-corrected chi connectivity index (χ1v) is 6.63. The van der Waals surface area contributed by atoms with E-state index in [0.29, 0.717) is 5.92 Å². The van der Waals surface area contributed by atoms with Gasteiger partial charge in [0.15, 0.2) is 0 Å². The van der Waals surface area contributed by atoms with E-state index in [1.54, 1.807) is 0 Å². The van der Waals surface area contributed by atoms with Crippen LogP contribution in [0.4, 0.5) is 0 Å². The van der Waals surface area contributed by atoms with Crippen molar-refractivity contribution in [3.05, 3.63) is 0 Å². The van der Waals surface area contributed by atoms with Crippen molar-refractivity contribution in [2.24, 2.45) is 5.92 Å². The minimum absolute atomic E-state index is 0.169. The van der Waals surface area contributed by atoms with E-state index in [-0.39, 0.29) is 12.5 Å². The molecule has 1 saturated heterocycles. The van der Waals surface area contributed by atoms with Crippen LogP contribution in [0.25, 0.3) is 0 Å². The molecule has 1 heterocycles. The highest BCUT2D eigenvalue weighted by molar-refractivity contribution is 5.67. The Morgan fingerprint density at radius 3 is 2.71 bits per heavy atom. The lowest BCUT2D eigenvalue weighted by molar-refractivity contribution is -0.138. The largest absolute Gasteiger partial charge is 0.481 e. The van der Waals surface area contributed by atoms with E-state index < -0.39 is 5.97 Å². The summed E-state index contributed by atoms with van der Waals surface area (Å²) in [4.78, 5) is 15.5. The standard InChI is InChI=1S/C13H26N2O2/c1-11(2)5-8-15-7-4-6-14(3)12(10-15)9-13(16)17/h11-12H,4-10H2,1-3H3,(H,16,17). The molecule has 1 fully saturated rings. The molecule has 0 aliphatic carbocycles. The van der Waals surface area contributed by atoms with Gasteiger partial charge >= 0.3 is 5.97 Å². The Morgan fingerprint density at radius 2 is 2.12 bits per heavy atom. The van der Waals surface area contributed by atoms with E-state index >= 15 is 0 Å². The van der Waals surface area contributed by atoms with Crippen molar-refractivity contribution in [3.8, 4) is 0 Å². The predicted molar refractivity (Wildman–Crippen MR) is 69.2 cm³/mol. The second kappa shape index (κ2) is 6.97. The van der Waals surface area contributed by atoms with Crippen LogP contribution in [0.5, 0.6) is 0 Å². The Hall–Kier alpha value is -0.610. The molecule has 4 nitrogen and oxygen atoms in total. The van der Waals surface area contributed by atoms with Crippen LogP contribution in [0.3, 0.4) is 0 Å². The third-order valence-corrected chi connectivity index (χ3v) is 3.51. The molecule has 0 saturated carbocycles. The molecule has 1 N–H and O–H groups in total. The van der Waals surface area contributed by atoms with Crippen LogP contribution in [-0.2, 0) is 4.79 Å². The molecule has 100 valence electrons. The maximum Gasteiger partial charge on any atom is 0.304 e. The number of likely N-dealkylation sites (N-methyl/N-ethyl adjacent to an activating group) is 1. The fourth-order valence-corrected chi connectivity index (χ4v) is 2.32. The van der Waals surface area contributed by atoms with Crippen LogP contribution in [0.15, 0.2) is 0 Å². The average Bonchev–Trinajstić information content (AvgIpc) is 2.38. The molecule has 1 aliphatic heterocycles. The fraction of sp³-hybridized carbons (Fsp3) is 0.923. The van der Waals surface area contributed by atoms with Gasteiger partial charge in [-0.3, -0.25) is 4.79 Å². The number of hydrogen-bond acceptors (Lipinski definition) is 3. The highest BCUT2D eigenvalue weighted by Crippen LogP contribution is 2.13. The number of carboxylic acid groups (broad SMARTS) is 1. The van der Waals surface area contributed by atoms with Crippen molar-refractivity contribution >= 4 is 5.97 Å². The normalized spacial score (nSPS) is 23.9. The summed E-state index contributed by atoms with van der Waals surface area (Å²) in [6.07, 6.45) is 2.60. The van der Waals surface area contributed by atoms with Gasteiger partial charge in [0.1, 0.15) is 0 Å². The van der Waals surface area contributed by atoms with E-state index in [1.807, 2.05) is 7.05 Å². The lowest BCUT2D eigenvalue weighted by atomic mass is 10.1. The molecule has 0 radical (unpaired) electrons. The third-order valence-electron chi connectivity index (χ3n) is 3.51. The van der Waals surface area contributed by atoms with Gasteiger partial charge in [-0.15, -0.1) is 0 Å². The molecule has 0 aromatic carbocycles. The summed E-state index contributed by atoms with van der Waals surface area (Å²) >= 11 is 0. The summed E-state index contributed by atoms with van der Waals surface area (Å²) in [5.74, 6) is 0.0291. The first kappa shape index (κ1) is 14.5. The van der Waals surface area contributed by atoms with Crippen LogP contribution in [-0.4, -0.2) is 60.1 Å². The number of rotatable bonds is 5. The number of carboxylic acids is 1. The zero-order chi connectivity index (χ0) is 12.8. The summed E-state index contributed by atoms with van der Waals surface area (Å²) in [5, 5.41) is 8.93. The smallest absolute Gasteiger partial charge is 0.304 e. The Kier molecular flexibility index (Phi) is 5.92. The first-order valence-electron chi connectivity index (χ1n) is 6.63. The summed E-state index contributed by atoms with van der Waals surface area (Å²) in [6.45, 7) is 8.58. The monoisotopic (exact) mass is 242 g/mol. The zero-order valence-corrected chi connectivity index (χ0v) is 11.4. The molecular formula is C13H26N2O2. The quantitative estimate of drug-likeness (QED) is 0.794. The molecule has 1 atom stereocenters. The maximum atomic E-state index is 10.9. The van der Waals surface area contributed by atoms with Crippen molar-refractivity contribution in [1.82, 2.24) is 9.80 Å². The van der Waals surface area contributed by atoms with E-state index in [0.717, 1.165) is 32.6 Å². The molecule has 0 bridgehead atoms. The van der Waals surface area contributed by atoms with Crippen LogP contribution in [0.2, 0.25) is 0 Å². The Labute approximate surface area is 105 Å². The third kappa shape index (κ3) is 5.50. The van der Waals surface area contributed by atoms with Crippen molar-refractivity contribution in [1.29, 1.82) is 0 Å². The Balaban J connectivity index is 2.48. The van der Waals surface area contributed by atoms with Crippen molar-refractivity contribution in [3.63, 3.8) is 0 Å². The molecule has 1 unspecified atom stereocenters.